The van der Waals surface area contributed by atoms with E-state index in [9.17, 15) is 13.2 Å². The molecule has 1 aliphatic heterocycles. The van der Waals surface area contributed by atoms with Gasteiger partial charge in [0, 0.05) is 50.0 Å². The number of likely N-dealkylation sites (N-methyl/N-ethyl adjacent to an activating group) is 1. The van der Waals surface area contributed by atoms with E-state index in [0.29, 0.717) is 18.5 Å². The first-order valence-corrected chi connectivity index (χ1v) is 12.2. The van der Waals surface area contributed by atoms with Crippen LogP contribution in [0, 0.1) is 0 Å². The zero-order valence-electron chi connectivity index (χ0n) is 18.5. The summed E-state index contributed by atoms with van der Waals surface area (Å²) in [5, 5.41) is 2.96. The van der Waals surface area contributed by atoms with Crippen molar-refractivity contribution >= 4 is 21.6 Å². The van der Waals surface area contributed by atoms with Crippen LogP contribution in [0.3, 0.4) is 0 Å². The van der Waals surface area contributed by atoms with E-state index in [0.717, 1.165) is 37.4 Å². The Kier molecular flexibility index (Phi) is 7.69. The highest BCUT2D eigenvalue weighted by molar-refractivity contribution is 7.89. The van der Waals surface area contributed by atoms with Crippen molar-refractivity contribution in [1.82, 2.24) is 14.9 Å². The number of hydrogen-bond acceptors (Lipinski definition) is 5. The SMILES string of the molecule is CCC(C)NS(=O)(=O)c1ccc(C(=O)NCc2ccccc2N2CCN(C)CC2)cc1. The highest BCUT2D eigenvalue weighted by atomic mass is 32.2. The van der Waals surface area contributed by atoms with E-state index in [1.54, 1.807) is 12.1 Å². The average molecular weight is 445 g/mol. The molecule has 168 valence electrons. The fourth-order valence-electron chi connectivity index (χ4n) is 3.50. The molecular weight excluding hydrogens is 412 g/mol. The van der Waals surface area contributed by atoms with Crippen molar-refractivity contribution in [3.05, 3.63) is 59.7 Å². The van der Waals surface area contributed by atoms with Crippen molar-refractivity contribution in [2.24, 2.45) is 0 Å². The Balaban J connectivity index is 1.64. The Morgan fingerprint density at radius 1 is 1.03 bits per heavy atom. The zero-order valence-corrected chi connectivity index (χ0v) is 19.3. The first-order chi connectivity index (χ1) is 14.8. The largest absolute Gasteiger partial charge is 0.369 e. The molecule has 1 unspecified atom stereocenters. The number of amides is 1. The van der Waals surface area contributed by atoms with Gasteiger partial charge in [-0.25, -0.2) is 13.1 Å². The fraction of sp³-hybridized carbons (Fsp3) is 0.435. The molecule has 1 atom stereocenters. The highest BCUT2D eigenvalue weighted by Crippen LogP contribution is 2.22. The van der Waals surface area contributed by atoms with Crippen LogP contribution in [0.1, 0.15) is 36.2 Å². The quantitative estimate of drug-likeness (QED) is 0.654. The van der Waals surface area contributed by atoms with Crippen LogP contribution in [-0.4, -0.2) is 58.5 Å². The number of rotatable bonds is 8. The summed E-state index contributed by atoms with van der Waals surface area (Å²) in [5.41, 5.74) is 2.64. The molecule has 3 rings (SSSR count). The van der Waals surface area contributed by atoms with Crippen molar-refractivity contribution in [2.75, 3.05) is 38.1 Å². The molecule has 2 aromatic rings. The molecular formula is C23H32N4O3S. The van der Waals surface area contributed by atoms with Gasteiger partial charge in [0.25, 0.3) is 5.91 Å². The lowest BCUT2D eigenvalue weighted by atomic mass is 10.1. The topological polar surface area (TPSA) is 81.7 Å². The molecule has 2 aromatic carbocycles. The van der Waals surface area contributed by atoms with Crippen LogP contribution in [0.2, 0.25) is 0 Å². The van der Waals surface area contributed by atoms with Crippen LogP contribution in [0.15, 0.2) is 53.4 Å². The maximum atomic E-state index is 12.6. The summed E-state index contributed by atoms with van der Waals surface area (Å²) >= 11 is 0. The number of anilines is 1. The molecule has 1 fully saturated rings. The predicted octanol–water partition coefficient (Wildman–Crippen LogP) is 2.45. The summed E-state index contributed by atoms with van der Waals surface area (Å²) in [7, 11) is -1.46. The van der Waals surface area contributed by atoms with E-state index in [4.69, 9.17) is 0 Å². The van der Waals surface area contributed by atoms with Gasteiger partial charge in [-0.1, -0.05) is 25.1 Å². The standard InChI is InChI=1S/C23H32N4O3S/c1-4-18(2)25-31(29,30)21-11-9-19(10-12-21)23(28)24-17-20-7-5-6-8-22(20)27-15-13-26(3)14-16-27/h5-12,18,25H,4,13-17H2,1-3H3,(H,24,28). The normalized spacial score (nSPS) is 16.2. The lowest BCUT2D eigenvalue weighted by molar-refractivity contribution is 0.0951. The van der Waals surface area contributed by atoms with Crippen LogP contribution in [0.4, 0.5) is 5.69 Å². The summed E-state index contributed by atoms with van der Waals surface area (Å²) in [6.45, 7) is 8.10. The van der Waals surface area contributed by atoms with E-state index in [1.165, 1.54) is 12.1 Å². The van der Waals surface area contributed by atoms with Crippen molar-refractivity contribution in [3.63, 3.8) is 0 Å². The molecule has 1 heterocycles. The van der Waals surface area contributed by atoms with E-state index < -0.39 is 10.0 Å². The van der Waals surface area contributed by atoms with E-state index >= 15 is 0 Å². The number of nitrogens with one attached hydrogen (secondary N) is 2. The van der Waals surface area contributed by atoms with E-state index in [2.05, 4.69) is 33.0 Å². The van der Waals surface area contributed by atoms with Gasteiger partial charge in [0.2, 0.25) is 10.0 Å². The highest BCUT2D eigenvalue weighted by Gasteiger charge is 2.19. The second-order valence-electron chi connectivity index (χ2n) is 8.06. The van der Waals surface area contributed by atoms with Gasteiger partial charge >= 0.3 is 0 Å². The van der Waals surface area contributed by atoms with Gasteiger partial charge in [-0.15, -0.1) is 0 Å². The van der Waals surface area contributed by atoms with Crippen LogP contribution in [-0.2, 0) is 16.6 Å². The second kappa shape index (κ2) is 10.3. The molecule has 0 saturated carbocycles. The first-order valence-electron chi connectivity index (χ1n) is 10.7. The molecule has 7 nitrogen and oxygen atoms in total. The van der Waals surface area contributed by atoms with Gasteiger partial charge in [0.05, 0.1) is 4.90 Å². The third kappa shape index (κ3) is 6.06. The molecule has 1 amide bonds. The second-order valence-corrected chi connectivity index (χ2v) is 9.77. The minimum atomic E-state index is -3.58. The van der Waals surface area contributed by atoms with Crippen LogP contribution < -0.4 is 14.9 Å². The van der Waals surface area contributed by atoms with Crippen molar-refractivity contribution < 1.29 is 13.2 Å². The smallest absolute Gasteiger partial charge is 0.251 e. The lowest BCUT2D eigenvalue weighted by Crippen LogP contribution is -2.45. The summed E-state index contributed by atoms with van der Waals surface area (Å²) in [6, 6.07) is 14.0. The average Bonchev–Trinajstić information content (AvgIpc) is 2.78. The Hall–Kier alpha value is -2.42. The lowest BCUT2D eigenvalue weighted by Gasteiger charge is -2.35. The van der Waals surface area contributed by atoms with Gasteiger partial charge in [0.1, 0.15) is 0 Å². The molecule has 8 heteroatoms. The van der Waals surface area contributed by atoms with Gasteiger partial charge < -0.3 is 15.1 Å². The van der Waals surface area contributed by atoms with Crippen molar-refractivity contribution in [2.45, 2.75) is 37.8 Å². The third-order valence-electron chi connectivity index (χ3n) is 5.67. The molecule has 1 aliphatic rings. The summed E-state index contributed by atoms with van der Waals surface area (Å²) < 4.78 is 27.4. The monoisotopic (exact) mass is 444 g/mol. The number of para-hydroxylation sites is 1. The maximum Gasteiger partial charge on any atom is 0.251 e. The van der Waals surface area contributed by atoms with E-state index in [1.807, 2.05) is 32.0 Å². The third-order valence-corrected chi connectivity index (χ3v) is 7.28. The summed E-state index contributed by atoms with van der Waals surface area (Å²) in [6.07, 6.45) is 0.704. The number of carbonyl (C=O) groups excluding carboxylic acids is 1. The van der Waals surface area contributed by atoms with Crippen molar-refractivity contribution in [3.8, 4) is 0 Å². The maximum absolute atomic E-state index is 12.6. The van der Waals surface area contributed by atoms with Gasteiger partial charge in [-0.05, 0) is 56.3 Å². The predicted molar refractivity (Wildman–Crippen MR) is 124 cm³/mol. The van der Waals surface area contributed by atoms with Crippen molar-refractivity contribution in [1.29, 1.82) is 0 Å². The number of hydrogen-bond donors (Lipinski definition) is 2. The van der Waals surface area contributed by atoms with Crippen LogP contribution in [0.25, 0.3) is 0 Å². The van der Waals surface area contributed by atoms with Gasteiger partial charge in [0.15, 0.2) is 0 Å². The molecule has 0 spiro atoms. The van der Waals surface area contributed by atoms with Crippen LogP contribution in [0.5, 0.6) is 0 Å². The van der Waals surface area contributed by atoms with Gasteiger partial charge in [-0.2, -0.15) is 0 Å². The van der Waals surface area contributed by atoms with E-state index in [-0.39, 0.29) is 16.8 Å². The molecule has 1 saturated heterocycles. The van der Waals surface area contributed by atoms with Gasteiger partial charge in [-0.3, -0.25) is 4.79 Å². The molecule has 2 N–H and O–H groups in total. The summed E-state index contributed by atoms with van der Waals surface area (Å²) in [5.74, 6) is -0.230. The minimum absolute atomic E-state index is 0.145. The molecule has 31 heavy (non-hydrogen) atoms. The Morgan fingerprint density at radius 3 is 2.32 bits per heavy atom. The number of piperazine rings is 1. The Bertz CT molecular complexity index is 984. The van der Waals surface area contributed by atoms with Crippen LogP contribution >= 0.6 is 0 Å². The molecule has 0 aromatic heterocycles. The number of sulfonamides is 1. The Morgan fingerprint density at radius 2 is 1.68 bits per heavy atom. The zero-order chi connectivity index (χ0) is 22.4. The number of carbonyl (C=O) groups is 1. The molecule has 0 aliphatic carbocycles. The number of nitrogens with zero attached hydrogens (tertiary/aromatic N) is 2. The summed E-state index contributed by atoms with van der Waals surface area (Å²) in [4.78, 5) is 17.5. The molecule has 0 radical (unpaired) electrons. The fourth-order valence-corrected chi connectivity index (χ4v) is 4.82. The minimum Gasteiger partial charge on any atom is -0.369 e. The first kappa shape index (κ1) is 23.2. The number of benzene rings is 2. The Labute approximate surface area is 185 Å². The molecule has 0 bridgehead atoms.